The Hall–Kier alpha value is -4.15. The van der Waals surface area contributed by atoms with Gasteiger partial charge in [-0.25, -0.2) is 0 Å². The van der Waals surface area contributed by atoms with E-state index in [9.17, 15) is 0 Å². The van der Waals surface area contributed by atoms with E-state index in [1.165, 1.54) is 33.0 Å². The van der Waals surface area contributed by atoms with E-state index in [1.54, 1.807) is 0 Å². The number of benzene rings is 4. The van der Waals surface area contributed by atoms with Gasteiger partial charge >= 0.3 is 0 Å². The molecule has 0 bridgehead atoms. The first-order valence-corrected chi connectivity index (χ1v) is 21.0. The third-order valence-electron chi connectivity index (χ3n) is 8.86. The smallest absolute Gasteiger partial charge is 0.121 e. The quantitative estimate of drug-likeness (QED) is 0.118. The minimum atomic E-state index is -1.54. The van der Waals surface area contributed by atoms with Gasteiger partial charge in [-0.3, -0.25) is 0 Å². The van der Waals surface area contributed by atoms with Crippen molar-refractivity contribution in [2.75, 3.05) is 0 Å². The average molecular weight is 867 g/mol. The summed E-state index contributed by atoms with van der Waals surface area (Å²) in [5.74, 6) is 0.325. The molecule has 3 aromatic heterocycles. The topological polar surface area (TPSA) is 38.9 Å². The number of rotatable bonds is 7. The fourth-order valence-corrected chi connectivity index (χ4v) is 7.38. The van der Waals surface area contributed by atoms with Gasteiger partial charge in [0, 0.05) is 40.6 Å². The third-order valence-corrected chi connectivity index (χ3v) is 10.9. The van der Waals surface area contributed by atoms with Gasteiger partial charge in [-0.05, 0) is 71.9 Å². The number of pyridine rings is 2. The summed E-state index contributed by atoms with van der Waals surface area (Å²) in [5.41, 5.74) is 12.0. The van der Waals surface area contributed by atoms with Crippen LogP contribution in [-0.4, -0.2) is 18.0 Å². The van der Waals surface area contributed by atoms with Gasteiger partial charge in [0.1, 0.15) is 5.58 Å². The number of furan rings is 1. The second-order valence-electron chi connectivity index (χ2n) is 14.8. The Kier molecular flexibility index (Phi) is 11.1. The molecule has 0 fully saturated rings. The molecule has 3 heterocycles. The van der Waals surface area contributed by atoms with Gasteiger partial charge < -0.3 is 14.4 Å². The largest absolute Gasteiger partial charge is 0.501 e. The maximum Gasteiger partial charge on any atom is 0.121 e. The molecule has 0 saturated heterocycles. The van der Waals surface area contributed by atoms with Gasteiger partial charge in [0.2, 0.25) is 0 Å². The number of fused-ring (bicyclic) bond motifs is 3. The molecule has 1 radical (unpaired) electrons. The number of nitrogens with zero attached hydrogens (tertiary/aromatic N) is 2. The van der Waals surface area contributed by atoms with Crippen molar-refractivity contribution >= 4 is 35.2 Å². The summed E-state index contributed by atoms with van der Waals surface area (Å²) in [6, 6.07) is 37.5. The van der Waals surface area contributed by atoms with Gasteiger partial charge in [-0.1, -0.05) is 123 Å². The second-order valence-corrected chi connectivity index (χ2v) is 19.9. The van der Waals surface area contributed by atoms with Gasteiger partial charge in [-0.2, -0.15) is 0 Å². The van der Waals surface area contributed by atoms with Gasteiger partial charge in [0.15, 0.2) is 0 Å². The summed E-state index contributed by atoms with van der Waals surface area (Å²) in [5, 5.41) is 3.43. The zero-order chi connectivity index (χ0) is 37.4. The first kappa shape index (κ1) is 35.3. The van der Waals surface area contributed by atoms with E-state index in [2.05, 4.69) is 118 Å². The van der Waals surface area contributed by atoms with E-state index in [0.717, 1.165) is 38.8 Å². The van der Waals surface area contributed by atoms with E-state index in [-0.39, 0.29) is 26.0 Å². The van der Waals surface area contributed by atoms with E-state index >= 15 is 0 Å². The molecule has 263 valence electrons. The van der Waals surface area contributed by atoms with Crippen LogP contribution >= 0.6 is 0 Å². The summed E-state index contributed by atoms with van der Waals surface area (Å²) in [4.78, 5) is 9.25. The Bertz CT molecular complexity index is 2340. The Labute approximate surface area is 321 Å². The number of aromatic nitrogens is 2. The molecule has 0 aliphatic rings. The van der Waals surface area contributed by atoms with Crippen molar-refractivity contribution < 1.29 is 27.3 Å². The molecule has 0 N–H and O–H groups in total. The molecule has 0 amide bonds. The first-order chi connectivity index (χ1) is 24.6. The second kappa shape index (κ2) is 16.0. The van der Waals surface area contributed by atoms with Crippen LogP contribution in [0, 0.1) is 31.9 Å². The van der Waals surface area contributed by atoms with Crippen molar-refractivity contribution in [1.29, 1.82) is 0 Å². The monoisotopic (exact) mass is 867 g/mol. The Morgan fingerprint density at radius 3 is 2.25 bits per heavy atom. The first-order valence-electron chi connectivity index (χ1n) is 18.5. The maximum atomic E-state index is 8.54. The summed E-state index contributed by atoms with van der Waals surface area (Å²) in [7, 11) is -1.54. The number of aryl methyl sites for hydroxylation is 2. The molecular weight excluding hydrogens is 817 g/mol. The Balaban J connectivity index is 0.000000211. The SMILES string of the molecule is Cc1cc(C)cc(-c2cccc3oc4c(-c5cc(C(C)C)ccn5)[c-]ccc4c23)c1.[2H]C([2H])(c1cc([Si](C)(C)C)cnc1-c1[c-]cccc1)C(C)C.[Ir]. The molecular formula is C46H48IrN2OSi-2. The standard InChI is InChI=1S/C28H24NO.C18H24NSi.Ir/c1-17(2)20-11-12-29-25(16-20)23-8-5-9-24-27-22(7-6-10-26(27)30-28(23)24)21-14-18(3)13-19(4)15-21;1-14(2)11-16-12-17(20(3,4)5)13-19-18(16)15-9-7-6-8-10-15;/h5-7,9-17H,1-4H3;6-9,12-14H,11H2,1-5H3;/q2*-1;/i;11D2;. The fraction of sp³-hybridized carbons (Fsp3) is 0.261. The predicted octanol–water partition coefficient (Wildman–Crippen LogP) is 12.1. The predicted molar refractivity (Wildman–Crippen MR) is 215 cm³/mol. The molecule has 7 aromatic rings. The molecule has 4 aromatic carbocycles. The molecule has 0 spiro atoms. The fourth-order valence-electron chi connectivity index (χ4n) is 6.35. The molecule has 0 aliphatic carbocycles. The van der Waals surface area contributed by atoms with Gasteiger partial charge in [0.05, 0.1) is 13.7 Å². The molecule has 3 nitrogen and oxygen atoms in total. The normalized spacial score (nSPS) is 12.4. The van der Waals surface area contributed by atoms with Crippen LogP contribution in [0.2, 0.25) is 19.6 Å². The Morgan fingerprint density at radius 2 is 1.59 bits per heavy atom. The van der Waals surface area contributed by atoms with Crippen molar-refractivity contribution in [2.24, 2.45) is 5.92 Å². The van der Waals surface area contributed by atoms with Crippen molar-refractivity contribution in [2.45, 2.75) is 73.5 Å². The number of hydrogen-bond donors (Lipinski definition) is 0. The number of hydrogen-bond acceptors (Lipinski definition) is 3. The zero-order valence-electron chi connectivity index (χ0n) is 33.1. The van der Waals surface area contributed by atoms with E-state index < -0.39 is 14.4 Å². The van der Waals surface area contributed by atoms with Crippen LogP contribution in [0.4, 0.5) is 0 Å². The molecule has 0 saturated carbocycles. The summed E-state index contributed by atoms with van der Waals surface area (Å²) >= 11 is 0. The van der Waals surface area contributed by atoms with Crippen molar-refractivity contribution in [3.63, 3.8) is 0 Å². The average Bonchev–Trinajstić information content (AvgIpc) is 3.50. The van der Waals surface area contributed by atoms with Crippen LogP contribution in [0.5, 0.6) is 0 Å². The van der Waals surface area contributed by atoms with Crippen LogP contribution in [0.1, 0.15) is 58.6 Å². The van der Waals surface area contributed by atoms with Gasteiger partial charge in [0.25, 0.3) is 0 Å². The molecule has 0 unspecified atom stereocenters. The van der Waals surface area contributed by atoms with Crippen molar-refractivity contribution in [3.8, 4) is 33.6 Å². The molecule has 5 heteroatoms. The minimum Gasteiger partial charge on any atom is -0.501 e. The van der Waals surface area contributed by atoms with E-state index in [0.29, 0.717) is 17.2 Å². The summed E-state index contributed by atoms with van der Waals surface area (Å²) in [6.45, 7) is 19.3. The van der Waals surface area contributed by atoms with Crippen LogP contribution < -0.4 is 5.19 Å². The third kappa shape index (κ3) is 8.67. The van der Waals surface area contributed by atoms with Crippen LogP contribution in [0.25, 0.3) is 55.6 Å². The van der Waals surface area contributed by atoms with Crippen LogP contribution in [-0.2, 0) is 26.5 Å². The summed E-state index contributed by atoms with van der Waals surface area (Å²) < 4.78 is 23.5. The molecule has 0 aliphatic heterocycles. The molecule has 7 rings (SSSR count). The summed E-state index contributed by atoms with van der Waals surface area (Å²) in [6.07, 6.45) is 2.38. The van der Waals surface area contributed by atoms with Gasteiger partial charge in [-0.15, -0.1) is 54.1 Å². The van der Waals surface area contributed by atoms with Crippen LogP contribution in [0.15, 0.2) is 108 Å². The maximum absolute atomic E-state index is 8.54. The van der Waals surface area contributed by atoms with E-state index in [4.69, 9.17) is 7.16 Å². The Morgan fingerprint density at radius 1 is 0.824 bits per heavy atom. The minimum absolute atomic E-state index is 0. The van der Waals surface area contributed by atoms with Crippen molar-refractivity contribution in [1.82, 2.24) is 9.97 Å². The molecule has 0 atom stereocenters. The van der Waals surface area contributed by atoms with Crippen molar-refractivity contribution in [3.05, 3.63) is 138 Å². The van der Waals surface area contributed by atoms with Crippen LogP contribution in [0.3, 0.4) is 0 Å². The molecule has 51 heavy (non-hydrogen) atoms. The van der Waals surface area contributed by atoms with E-state index in [1.807, 2.05) is 68.7 Å². The zero-order valence-corrected chi connectivity index (χ0v) is 34.5.